The Bertz CT molecular complexity index is 712. The number of hydrogen-bond acceptors (Lipinski definition) is 4. The van der Waals surface area contributed by atoms with Gasteiger partial charge in [0.2, 0.25) is 0 Å². The lowest BCUT2D eigenvalue weighted by Crippen LogP contribution is -2.25. The molecule has 0 radical (unpaired) electrons. The monoisotopic (exact) mass is 348 g/mol. The van der Waals surface area contributed by atoms with E-state index in [0.29, 0.717) is 18.1 Å². The largest absolute Gasteiger partial charge is 0.591 e. The summed E-state index contributed by atoms with van der Waals surface area (Å²) in [5, 5.41) is 0. The molecule has 1 atom stereocenters. The van der Waals surface area contributed by atoms with Crippen molar-refractivity contribution in [2.75, 3.05) is 0 Å². The second-order valence-electron chi connectivity index (χ2n) is 6.39. The summed E-state index contributed by atoms with van der Waals surface area (Å²) in [6, 6.07) is 7.99. The number of pyridine rings is 1. The zero-order chi connectivity index (χ0) is 17.7. The molecular weight excluding hydrogens is 327 g/mol. The van der Waals surface area contributed by atoms with Crippen LogP contribution >= 0.6 is 0 Å². The molecule has 0 amide bonds. The average Bonchev–Trinajstić information content (AvgIpc) is 2.52. The van der Waals surface area contributed by atoms with Crippen molar-refractivity contribution in [2.24, 2.45) is 4.40 Å². The van der Waals surface area contributed by atoms with E-state index in [1.807, 2.05) is 33.8 Å². The first-order valence-electron chi connectivity index (χ1n) is 7.55. The molecule has 0 aliphatic carbocycles. The summed E-state index contributed by atoms with van der Waals surface area (Å²) in [6.45, 7) is 7.84. The SMILES string of the molecule is Cc1cc(C=N[S@+]([O-])C(C)(C)C)ncc1OCc1ccc(F)cc1. The van der Waals surface area contributed by atoms with Crippen molar-refractivity contribution in [3.63, 3.8) is 0 Å². The van der Waals surface area contributed by atoms with Gasteiger partial charge in [-0.25, -0.2) is 4.39 Å². The van der Waals surface area contributed by atoms with Crippen LogP contribution in [0.1, 0.15) is 37.6 Å². The molecule has 0 N–H and O–H groups in total. The van der Waals surface area contributed by atoms with Crippen LogP contribution in [-0.2, 0) is 18.0 Å². The molecule has 0 aliphatic heterocycles. The highest BCUT2D eigenvalue weighted by atomic mass is 32.2. The van der Waals surface area contributed by atoms with E-state index in [4.69, 9.17) is 4.74 Å². The Hall–Kier alpha value is -1.92. The summed E-state index contributed by atoms with van der Waals surface area (Å²) in [4.78, 5) is 4.25. The summed E-state index contributed by atoms with van der Waals surface area (Å²) in [5.74, 6) is 0.376. The highest BCUT2D eigenvalue weighted by molar-refractivity contribution is 7.91. The van der Waals surface area contributed by atoms with E-state index in [-0.39, 0.29) is 5.82 Å². The summed E-state index contributed by atoms with van der Waals surface area (Å²) < 4.78 is 34.1. The summed E-state index contributed by atoms with van der Waals surface area (Å²) in [7, 11) is 0. The number of halogens is 1. The Balaban J connectivity index is 2.01. The van der Waals surface area contributed by atoms with Crippen molar-refractivity contribution < 1.29 is 13.7 Å². The van der Waals surface area contributed by atoms with Crippen LogP contribution < -0.4 is 4.74 Å². The van der Waals surface area contributed by atoms with Gasteiger partial charge in [0.25, 0.3) is 0 Å². The maximum Gasteiger partial charge on any atom is 0.144 e. The molecule has 2 rings (SSSR count). The number of ether oxygens (including phenoxy) is 1. The zero-order valence-corrected chi connectivity index (χ0v) is 15.1. The first-order valence-corrected chi connectivity index (χ1v) is 8.66. The van der Waals surface area contributed by atoms with Gasteiger partial charge in [-0.15, -0.1) is 0 Å². The maximum atomic E-state index is 12.9. The fourth-order valence-electron chi connectivity index (χ4n) is 1.79. The molecule has 0 spiro atoms. The standard InChI is InChI=1S/C18H21FN2O2S/c1-13-9-16(10-21-24(22)18(2,3)4)20-11-17(13)23-12-14-5-7-15(19)8-6-14/h5-11H,12H2,1-4H3/t24-/m1/s1. The van der Waals surface area contributed by atoms with Gasteiger partial charge in [-0.3, -0.25) is 4.98 Å². The molecule has 0 bridgehead atoms. The minimum Gasteiger partial charge on any atom is -0.591 e. The first-order chi connectivity index (χ1) is 11.3. The fourth-order valence-corrected chi connectivity index (χ4v) is 2.31. The molecule has 6 heteroatoms. The molecule has 0 saturated heterocycles. The Morgan fingerprint density at radius 3 is 2.54 bits per heavy atom. The minimum absolute atomic E-state index is 0.270. The molecule has 1 aromatic carbocycles. The Kier molecular flexibility index (Phi) is 5.96. The Morgan fingerprint density at radius 2 is 1.96 bits per heavy atom. The molecule has 0 saturated carbocycles. The van der Waals surface area contributed by atoms with Crippen molar-refractivity contribution in [2.45, 2.75) is 39.0 Å². The third kappa shape index (κ3) is 5.32. The molecule has 0 unspecified atom stereocenters. The minimum atomic E-state index is -1.31. The molecule has 2 aromatic rings. The second kappa shape index (κ2) is 7.77. The van der Waals surface area contributed by atoms with Crippen LogP contribution in [-0.4, -0.2) is 20.5 Å². The van der Waals surface area contributed by atoms with Gasteiger partial charge in [-0.1, -0.05) is 16.5 Å². The predicted molar refractivity (Wildman–Crippen MR) is 95.2 cm³/mol. The van der Waals surface area contributed by atoms with Crippen LogP contribution in [0.2, 0.25) is 0 Å². The van der Waals surface area contributed by atoms with Crippen molar-refractivity contribution >= 4 is 17.6 Å². The van der Waals surface area contributed by atoms with Gasteiger partial charge in [0.05, 0.1) is 11.9 Å². The lowest BCUT2D eigenvalue weighted by atomic mass is 10.2. The third-order valence-corrected chi connectivity index (χ3v) is 4.54. The van der Waals surface area contributed by atoms with Crippen LogP contribution in [0.15, 0.2) is 40.9 Å². The van der Waals surface area contributed by atoms with E-state index >= 15 is 0 Å². The first kappa shape index (κ1) is 18.4. The van der Waals surface area contributed by atoms with Gasteiger partial charge < -0.3 is 9.29 Å². The number of nitrogens with zero attached hydrogens (tertiary/aromatic N) is 2. The van der Waals surface area contributed by atoms with Gasteiger partial charge in [0.15, 0.2) is 0 Å². The second-order valence-corrected chi connectivity index (χ2v) is 8.32. The van der Waals surface area contributed by atoms with Crippen molar-refractivity contribution in [3.8, 4) is 5.75 Å². The molecule has 0 fully saturated rings. The molecular formula is C18H21FN2O2S. The molecule has 1 aromatic heterocycles. The molecule has 128 valence electrons. The van der Waals surface area contributed by atoms with Crippen molar-refractivity contribution in [1.82, 2.24) is 4.98 Å². The molecule has 1 heterocycles. The number of benzene rings is 1. The van der Waals surface area contributed by atoms with E-state index in [1.54, 1.807) is 18.3 Å². The summed E-state index contributed by atoms with van der Waals surface area (Å²) >= 11 is -1.31. The van der Waals surface area contributed by atoms with Gasteiger partial charge >= 0.3 is 0 Å². The van der Waals surface area contributed by atoms with Crippen molar-refractivity contribution in [3.05, 3.63) is 59.2 Å². The van der Waals surface area contributed by atoms with E-state index < -0.39 is 16.1 Å². The van der Waals surface area contributed by atoms with Gasteiger partial charge in [0, 0.05) is 0 Å². The molecule has 4 nitrogen and oxygen atoms in total. The van der Waals surface area contributed by atoms with Gasteiger partial charge in [-0.05, 0) is 57.0 Å². The van der Waals surface area contributed by atoms with Crippen LogP contribution in [0, 0.1) is 12.7 Å². The smallest absolute Gasteiger partial charge is 0.144 e. The number of aryl methyl sites for hydroxylation is 1. The molecule has 24 heavy (non-hydrogen) atoms. The van der Waals surface area contributed by atoms with E-state index in [1.165, 1.54) is 18.3 Å². The van der Waals surface area contributed by atoms with Crippen molar-refractivity contribution in [1.29, 1.82) is 0 Å². The van der Waals surface area contributed by atoms with Crippen LogP contribution in [0.3, 0.4) is 0 Å². The Labute approximate surface area is 145 Å². The fraction of sp³-hybridized carbons (Fsp3) is 0.333. The maximum absolute atomic E-state index is 12.9. The normalized spacial score (nSPS) is 13.2. The highest BCUT2D eigenvalue weighted by Crippen LogP contribution is 2.19. The lowest BCUT2D eigenvalue weighted by molar-refractivity contribution is 0.302. The van der Waals surface area contributed by atoms with Crippen LogP contribution in [0.5, 0.6) is 5.75 Å². The number of aromatic nitrogens is 1. The zero-order valence-electron chi connectivity index (χ0n) is 14.2. The average molecular weight is 348 g/mol. The Morgan fingerprint density at radius 1 is 1.29 bits per heavy atom. The predicted octanol–water partition coefficient (Wildman–Crippen LogP) is 3.99. The van der Waals surface area contributed by atoms with Crippen LogP contribution in [0.4, 0.5) is 4.39 Å². The number of hydrogen-bond donors (Lipinski definition) is 0. The summed E-state index contributed by atoms with van der Waals surface area (Å²) in [6.07, 6.45) is 3.12. The third-order valence-electron chi connectivity index (χ3n) is 3.20. The molecule has 0 aliphatic rings. The van der Waals surface area contributed by atoms with Gasteiger partial charge in [-0.2, -0.15) is 0 Å². The van der Waals surface area contributed by atoms with E-state index in [0.717, 1.165) is 11.1 Å². The van der Waals surface area contributed by atoms with Gasteiger partial charge in [0.1, 0.15) is 40.5 Å². The number of rotatable bonds is 5. The summed E-state index contributed by atoms with van der Waals surface area (Å²) in [5.41, 5.74) is 2.40. The van der Waals surface area contributed by atoms with E-state index in [9.17, 15) is 8.94 Å². The van der Waals surface area contributed by atoms with Crippen LogP contribution in [0.25, 0.3) is 0 Å². The van der Waals surface area contributed by atoms with E-state index in [2.05, 4.69) is 9.38 Å². The topological polar surface area (TPSA) is 57.5 Å². The quantitative estimate of drug-likeness (QED) is 0.606. The lowest BCUT2D eigenvalue weighted by Gasteiger charge is -2.17. The highest BCUT2D eigenvalue weighted by Gasteiger charge is 2.25.